The SMILES string of the molecule is CC(C)(C)n1nnc(C(=O)Nc2nn(CC(F)F)c3ccccc23)n1. The number of benzene rings is 1. The number of nitrogens with zero attached hydrogens (tertiary/aromatic N) is 6. The van der Waals surface area contributed by atoms with Gasteiger partial charge in [0.25, 0.3) is 18.2 Å². The number of carbonyl (C=O) groups is 1. The third kappa shape index (κ3) is 3.47. The summed E-state index contributed by atoms with van der Waals surface area (Å²) in [6, 6.07) is 6.81. The molecule has 132 valence electrons. The maximum absolute atomic E-state index is 12.7. The van der Waals surface area contributed by atoms with E-state index in [1.54, 1.807) is 24.3 Å². The van der Waals surface area contributed by atoms with Crippen molar-refractivity contribution < 1.29 is 13.6 Å². The highest BCUT2D eigenvalue weighted by molar-refractivity contribution is 6.05. The van der Waals surface area contributed by atoms with Gasteiger partial charge in [0.15, 0.2) is 5.82 Å². The number of fused-ring (bicyclic) bond motifs is 1. The Morgan fingerprint density at radius 3 is 2.60 bits per heavy atom. The van der Waals surface area contributed by atoms with Crippen molar-refractivity contribution in [1.82, 2.24) is 30.0 Å². The van der Waals surface area contributed by atoms with Gasteiger partial charge in [-0.3, -0.25) is 9.48 Å². The first kappa shape index (κ1) is 16.9. The summed E-state index contributed by atoms with van der Waals surface area (Å²) in [7, 11) is 0. The van der Waals surface area contributed by atoms with Gasteiger partial charge in [-0.15, -0.1) is 10.2 Å². The van der Waals surface area contributed by atoms with Crippen molar-refractivity contribution in [3.05, 3.63) is 30.1 Å². The Bertz CT molecular complexity index is 910. The van der Waals surface area contributed by atoms with Crippen LogP contribution in [0.1, 0.15) is 31.4 Å². The summed E-state index contributed by atoms with van der Waals surface area (Å²) in [6.45, 7) is 5.05. The Morgan fingerprint density at radius 1 is 1.24 bits per heavy atom. The molecule has 1 N–H and O–H groups in total. The Labute approximate surface area is 141 Å². The molecule has 0 aliphatic carbocycles. The molecule has 25 heavy (non-hydrogen) atoms. The van der Waals surface area contributed by atoms with Crippen LogP contribution in [0.3, 0.4) is 0 Å². The van der Waals surface area contributed by atoms with Crippen molar-refractivity contribution in [1.29, 1.82) is 0 Å². The highest BCUT2D eigenvalue weighted by Gasteiger charge is 2.22. The van der Waals surface area contributed by atoms with E-state index in [9.17, 15) is 13.6 Å². The van der Waals surface area contributed by atoms with Gasteiger partial charge >= 0.3 is 0 Å². The lowest BCUT2D eigenvalue weighted by atomic mass is 10.1. The molecule has 1 amide bonds. The lowest BCUT2D eigenvalue weighted by Crippen LogP contribution is -2.25. The summed E-state index contributed by atoms with van der Waals surface area (Å²) in [4.78, 5) is 13.7. The average Bonchev–Trinajstić information content (AvgIpc) is 3.13. The van der Waals surface area contributed by atoms with E-state index in [4.69, 9.17) is 0 Å². The fourth-order valence-corrected chi connectivity index (χ4v) is 2.24. The van der Waals surface area contributed by atoms with Gasteiger partial charge < -0.3 is 5.32 Å². The minimum atomic E-state index is -2.56. The summed E-state index contributed by atoms with van der Waals surface area (Å²) in [5.74, 6) is -0.557. The molecule has 0 radical (unpaired) electrons. The fraction of sp³-hybridized carbons (Fsp3) is 0.400. The number of hydrogen-bond donors (Lipinski definition) is 1. The Morgan fingerprint density at radius 2 is 1.96 bits per heavy atom. The van der Waals surface area contributed by atoms with Crippen LogP contribution in [0.15, 0.2) is 24.3 Å². The topological polar surface area (TPSA) is 90.5 Å². The number of aromatic nitrogens is 6. The quantitative estimate of drug-likeness (QED) is 0.780. The standard InChI is InChI=1S/C15H17F2N7O/c1-15(2,3)24-21-13(19-22-24)14(25)18-12-9-6-4-5-7-10(9)23(20-12)8-11(16)17/h4-7,11H,8H2,1-3H3,(H,18,20,25). The van der Waals surface area contributed by atoms with E-state index in [-0.39, 0.29) is 11.6 Å². The molecular formula is C15H17F2N7O. The molecule has 3 rings (SSSR count). The van der Waals surface area contributed by atoms with Crippen LogP contribution in [0.2, 0.25) is 0 Å². The van der Waals surface area contributed by atoms with Crippen molar-refractivity contribution in [2.75, 3.05) is 5.32 Å². The lowest BCUT2D eigenvalue weighted by Gasteiger charge is -2.15. The van der Waals surface area contributed by atoms with Crippen LogP contribution >= 0.6 is 0 Å². The molecule has 2 heterocycles. The van der Waals surface area contributed by atoms with Crippen molar-refractivity contribution >= 4 is 22.6 Å². The van der Waals surface area contributed by atoms with Crippen LogP contribution in [-0.4, -0.2) is 42.3 Å². The van der Waals surface area contributed by atoms with E-state index >= 15 is 0 Å². The van der Waals surface area contributed by atoms with E-state index in [2.05, 4.69) is 25.8 Å². The molecule has 0 saturated heterocycles. The average molecular weight is 349 g/mol. The summed E-state index contributed by atoms with van der Waals surface area (Å²) in [5, 5.41) is 18.8. The van der Waals surface area contributed by atoms with E-state index in [0.29, 0.717) is 10.9 Å². The summed E-state index contributed by atoms with van der Waals surface area (Å²) in [6.07, 6.45) is -2.56. The predicted octanol–water partition coefficient (Wildman–Crippen LogP) is 2.30. The van der Waals surface area contributed by atoms with Crippen LogP contribution in [0.25, 0.3) is 10.9 Å². The molecule has 0 fully saturated rings. The maximum atomic E-state index is 12.7. The van der Waals surface area contributed by atoms with Gasteiger partial charge in [0, 0.05) is 5.39 Å². The van der Waals surface area contributed by atoms with Crippen molar-refractivity contribution in [2.45, 2.75) is 39.3 Å². The van der Waals surface area contributed by atoms with Crippen LogP contribution in [0, 0.1) is 0 Å². The van der Waals surface area contributed by atoms with Gasteiger partial charge in [-0.25, -0.2) is 8.78 Å². The molecule has 0 spiro atoms. The van der Waals surface area contributed by atoms with Gasteiger partial charge in [-0.1, -0.05) is 12.1 Å². The Kier molecular flexibility index (Phi) is 4.19. The first-order valence-electron chi connectivity index (χ1n) is 7.61. The van der Waals surface area contributed by atoms with Gasteiger partial charge in [-0.05, 0) is 38.1 Å². The largest absolute Gasteiger partial charge is 0.302 e. The Balaban J connectivity index is 1.90. The number of alkyl halides is 2. The predicted molar refractivity (Wildman–Crippen MR) is 86.5 cm³/mol. The molecule has 0 bridgehead atoms. The molecule has 1 aromatic carbocycles. The molecule has 2 aromatic heterocycles. The first-order chi connectivity index (χ1) is 11.8. The van der Waals surface area contributed by atoms with E-state index in [1.807, 2.05) is 20.8 Å². The number of rotatable bonds is 4. The minimum absolute atomic E-state index is 0.123. The molecule has 0 atom stereocenters. The number of halogens is 2. The number of nitrogens with one attached hydrogen (secondary N) is 1. The van der Waals surface area contributed by atoms with Gasteiger partial charge in [-0.2, -0.15) is 9.90 Å². The van der Waals surface area contributed by atoms with Crippen LogP contribution in [0.5, 0.6) is 0 Å². The number of carbonyl (C=O) groups excluding carboxylic acids is 1. The highest BCUT2D eigenvalue weighted by Crippen LogP contribution is 2.23. The third-order valence-electron chi connectivity index (χ3n) is 3.42. The number of tetrazole rings is 1. The molecule has 10 heteroatoms. The van der Waals surface area contributed by atoms with E-state index in [0.717, 1.165) is 4.68 Å². The van der Waals surface area contributed by atoms with Crippen molar-refractivity contribution in [3.63, 3.8) is 0 Å². The zero-order valence-electron chi connectivity index (χ0n) is 13.9. The fourth-order valence-electron chi connectivity index (χ4n) is 2.24. The molecular weight excluding hydrogens is 332 g/mol. The van der Waals surface area contributed by atoms with E-state index in [1.165, 1.54) is 4.80 Å². The smallest absolute Gasteiger partial charge is 0.298 e. The molecule has 0 aliphatic heterocycles. The molecule has 3 aromatic rings. The molecule has 0 saturated carbocycles. The lowest BCUT2D eigenvalue weighted by molar-refractivity contribution is 0.101. The van der Waals surface area contributed by atoms with Crippen LogP contribution in [0.4, 0.5) is 14.6 Å². The summed E-state index contributed by atoms with van der Waals surface area (Å²) < 4.78 is 26.6. The Hall–Kier alpha value is -2.91. The second-order valence-corrected chi connectivity index (χ2v) is 6.47. The van der Waals surface area contributed by atoms with Gasteiger partial charge in [0.05, 0.1) is 11.1 Å². The molecule has 0 unspecified atom stereocenters. The van der Waals surface area contributed by atoms with Crippen LogP contribution < -0.4 is 5.32 Å². The number of amides is 1. The monoisotopic (exact) mass is 349 g/mol. The maximum Gasteiger partial charge on any atom is 0.298 e. The number of hydrogen-bond acceptors (Lipinski definition) is 5. The van der Waals surface area contributed by atoms with Gasteiger partial charge in [0.2, 0.25) is 0 Å². The zero-order valence-corrected chi connectivity index (χ0v) is 13.9. The third-order valence-corrected chi connectivity index (χ3v) is 3.42. The highest BCUT2D eigenvalue weighted by atomic mass is 19.3. The second kappa shape index (κ2) is 6.19. The molecule has 8 nitrogen and oxygen atoms in total. The van der Waals surface area contributed by atoms with Crippen molar-refractivity contribution in [3.8, 4) is 0 Å². The van der Waals surface area contributed by atoms with E-state index < -0.39 is 24.4 Å². The van der Waals surface area contributed by atoms with Gasteiger partial charge in [0.1, 0.15) is 6.54 Å². The number of para-hydroxylation sites is 1. The summed E-state index contributed by atoms with van der Waals surface area (Å²) >= 11 is 0. The number of anilines is 1. The normalized spacial score (nSPS) is 12.1. The van der Waals surface area contributed by atoms with Crippen LogP contribution in [-0.2, 0) is 12.1 Å². The first-order valence-corrected chi connectivity index (χ1v) is 7.61. The summed E-state index contributed by atoms with van der Waals surface area (Å²) in [5.41, 5.74) is 0.0845. The minimum Gasteiger partial charge on any atom is -0.302 e. The second-order valence-electron chi connectivity index (χ2n) is 6.47. The van der Waals surface area contributed by atoms with Crippen molar-refractivity contribution in [2.24, 2.45) is 0 Å². The molecule has 0 aliphatic rings. The zero-order chi connectivity index (χ0) is 18.2.